The minimum absolute atomic E-state index is 0.109. The fourth-order valence-electron chi connectivity index (χ4n) is 3.20. The molecule has 3 aromatic rings. The summed E-state index contributed by atoms with van der Waals surface area (Å²) in [6.07, 6.45) is 0.152. The van der Waals surface area contributed by atoms with Crippen LogP contribution in [0.5, 0.6) is 6.01 Å². The zero-order chi connectivity index (χ0) is 21.1. The van der Waals surface area contributed by atoms with Crippen LogP contribution >= 0.6 is 11.6 Å². The summed E-state index contributed by atoms with van der Waals surface area (Å²) < 4.78 is 10.2. The van der Waals surface area contributed by atoms with Crippen molar-refractivity contribution in [2.75, 3.05) is 6.61 Å². The molecule has 0 aliphatic heterocycles. The van der Waals surface area contributed by atoms with Gasteiger partial charge in [-0.25, -0.2) is 4.79 Å². The third-order valence-corrected chi connectivity index (χ3v) is 4.78. The van der Waals surface area contributed by atoms with Gasteiger partial charge in [0.1, 0.15) is 0 Å². The van der Waals surface area contributed by atoms with Gasteiger partial charge in [-0.3, -0.25) is 18.5 Å². The van der Waals surface area contributed by atoms with Crippen molar-refractivity contribution in [1.29, 1.82) is 0 Å². The quantitative estimate of drug-likeness (QED) is 0.603. The van der Waals surface area contributed by atoms with Gasteiger partial charge in [0.05, 0.1) is 12.6 Å². The zero-order valence-corrected chi connectivity index (χ0v) is 17.5. The van der Waals surface area contributed by atoms with Gasteiger partial charge in [-0.15, -0.1) is 0 Å². The van der Waals surface area contributed by atoms with Gasteiger partial charge in [0.15, 0.2) is 11.2 Å². The van der Waals surface area contributed by atoms with Gasteiger partial charge in [-0.05, 0) is 44.9 Å². The van der Waals surface area contributed by atoms with E-state index in [0.717, 1.165) is 10.1 Å². The molecule has 0 radical (unpaired) electrons. The molecule has 0 fully saturated rings. The number of nitrogens with zero attached hydrogens (tertiary/aromatic N) is 4. The van der Waals surface area contributed by atoms with E-state index >= 15 is 0 Å². The summed E-state index contributed by atoms with van der Waals surface area (Å²) in [4.78, 5) is 30.5. The Morgan fingerprint density at radius 3 is 2.41 bits per heavy atom. The largest absolute Gasteiger partial charge is 0.462 e. The number of aromatic nitrogens is 4. The molecular weight excluding hydrogens is 396 g/mol. The highest BCUT2D eigenvalue weighted by molar-refractivity contribution is 6.30. The topological polar surface area (TPSA) is 91.3 Å². The smallest absolute Gasteiger partial charge is 0.332 e. The second kappa shape index (κ2) is 8.84. The number of hydrogen-bond donors (Lipinski definition) is 1. The lowest BCUT2D eigenvalue weighted by atomic mass is 10.2. The Morgan fingerprint density at radius 1 is 1.14 bits per heavy atom. The lowest BCUT2D eigenvalue weighted by Crippen LogP contribution is -2.40. The van der Waals surface area contributed by atoms with Gasteiger partial charge >= 0.3 is 5.69 Å². The maximum atomic E-state index is 13.2. The van der Waals surface area contributed by atoms with Crippen LogP contribution in [-0.2, 0) is 19.6 Å². The van der Waals surface area contributed by atoms with Crippen LogP contribution in [0.15, 0.2) is 33.9 Å². The third kappa shape index (κ3) is 4.23. The Labute approximate surface area is 172 Å². The second-order valence-corrected chi connectivity index (χ2v) is 7.44. The van der Waals surface area contributed by atoms with Crippen LogP contribution < -0.4 is 16.0 Å². The summed E-state index contributed by atoms with van der Waals surface area (Å²) in [6.45, 7) is 6.29. The lowest BCUT2D eigenvalue weighted by Gasteiger charge is -2.13. The van der Waals surface area contributed by atoms with Crippen molar-refractivity contribution < 1.29 is 9.84 Å². The Balaban J connectivity index is 2.29. The Bertz CT molecular complexity index is 1110. The Hall–Kier alpha value is -2.58. The van der Waals surface area contributed by atoms with E-state index in [1.165, 1.54) is 4.57 Å². The molecule has 0 spiro atoms. The molecule has 0 saturated carbocycles. The van der Waals surface area contributed by atoms with E-state index in [1.807, 2.05) is 32.9 Å². The molecule has 0 unspecified atom stereocenters. The number of aliphatic hydroxyl groups excluding tert-OH is 1. The fraction of sp³-hybridized carbons (Fsp3) is 0.450. The summed E-state index contributed by atoms with van der Waals surface area (Å²) in [5.41, 5.74) is 0.633. The van der Waals surface area contributed by atoms with Gasteiger partial charge in [-0.1, -0.05) is 23.7 Å². The van der Waals surface area contributed by atoms with Gasteiger partial charge in [0.2, 0.25) is 0 Å². The van der Waals surface area contributed by atoms with Crippen molar-refractivity contribution in [3.8, 4) is 6.01 Å². The zero-order valence-electron chi connectivity index (χ0n) is 16.8. The molecule has 0 aliphatic rings. The maximum Gasteiger partial charge on any atom is 0.332 e. The van der Waals surface area contributed by atoms with Crippen molar-refractivity contribution >= 4 is 22.8 Å². The third-order valence-electron chi connectivity index (χ3n) is 4.53. The van der Waals surface area contributed by atoms with E-state index in [0.29, 0.717) is 35.7 Å². The predicted molar refractivity (Wildman–Crippen MR) is 112 cm³/mol. The molecular formula is C20H25ClN4O4. The molecule has 3 rings (SSSR count). The number of ether oxygens (including phenoxy) is 1. The second-order valence-electron chi connectivity index (χ2n) is 7.01. The molecule has 1 N–H and O–H groups in total. The highest BCUT2D eigenvalue weighted by Crippen LogP contribution is 2.22. The lowest BCUT2D eigenvalue weighted by molar-refractivity contribution is 0.214. The van der Waals surface area contributed by atoms with Gasteiger partial charge < -0.3 is 9.84 Å². The molecule has 0 bridgehead atoms. The normalized spacial score (nSPS) is 11.5. The molecule has 2 aromatic heterocycles. The van der Waals surface area contributed by atoms with E-state index in [-0.39, 0.29) is 25.3 Å². The number of fused-ring (bicyclic) bond motifs is 1. The molecule has 2 heterocycles. The number of benzene rings is 1. The van der Waals surface area contributed by atoms with Crippen molar-refractivity contribution in [2.24, 2.45) is 0 Å². The van der Waals surface area contributed by atoms with Gasteiger partial charge in [0.25, 0.3) is 11.6 Å². The van der Waals surface area contributed by atoms with E-state index < -0.39 is 11.2 Å². The van der Waals surface area contributed by atoms with Crippen molar-refractivity contribution in [1.82, 2.24) is 18.7 Å². The minimum Gasteiger partial charge on any atom is -0.462 e. The molecule has 1 aromatic carbocycles. The molecule has 0 aliphatic carbocycles. The average Bonchev–Trinajstić information content (AvgIpc) is 3.01. The van der Waals surface area contributed by atoms with Crippen molar-refractivity contribution in [3.63, 3.8) is 0 Å². The van der Waals surface area contributed by atoms with Crippen LogP contribution in [0.25, 0.3) is 11.2 Å². The first-order valence-electron chi connectivity index (χ1n) is 9.63. The predicted octanol–water partition coefficient (Wildman–Crippen LogP) is 2.25. The van der Waals surface area contributed by atoms with E-state index in [9.17, 15) is 9.59 Å². The number of hydrogen-bond acceptors (Lipinski definition) is 5. The number of halogens is 1. The molecule has 0 atom stereocenters. The minimum atomic E-state index is -0.441. The number of rotatable bonds is 8. The highest BCUT2D eigenvalue weighted by atomic mass is 35.5. The standard InChI is InChI=1S/C20H25ClN4O4/c1-4-23-17-16(18(27)24(20(23)28)10-5-11-26)25(19(22-17)29-13(2)3)12-14-6-8-15(21)9-7-14/h6-9,13,26H,4-5,10-12H2,1-3H3. The monoisotopic (exact) mass is 420 g/mol. The molecule has 0 amide bonds. The van der Waals surface area contributed by atoms with Crippen LogP contribution in [0, 0.1) is 0 Å². The highest BCUT2D eigenvalue weighted by Gasteiger charge is 2.22. The number of imidazole rings is 1. The first kappa shape index (κ1) is 21.1. The van der Waals surface area contributed by atoms with Crippen LogP contribution in [-0.4, -0.2) is 36.5 Å². The van der Waals surface area contributed by atoms with E-state index in [4.69, 9.17) is 21.4 Å². The van der Waals surface area contributed by atoms with Gasteiger partial charge in [0, 0.05) is 24.7 Å². The number of aliphatic hydroxyl groups is 1. The van der Waals surface area contributed by atoms with Crippen LogP contribution in [0.4, 0.5) is 0 Å². The van der Waals surface area contributed by atoms with Gasteiger partial charge in [-0.2, -0.15) is 4.98 Å². The fourth-order valence-corrected chi connectivity index (χ4v) is 3.33. The molecule has 156 valence electrons. The first-order valence-corrected chi connectivity index (χ1v) is 10.0. The van der Waals surface area contributed by atoms with Crippen molar-refractivity contribution in [2.45, 2.75) is 52.9 Å². The van der Waals surface area contributed by atoms with Crippen LogP contribution in [0.1, 0.15) is 32.8 Å². The first-order chi connectivity index (χ1) is 13.9. The van der Waals surface area contributed by atoms with Crippen molar-refractivity contribution in [3.05, 3.63) is 55.7 Å². The van der Waals surface area contributed by atoms with Crippen LogP contribution in [0.3, 0.4) is 0 Å². The molecule has 9 heteroatoms. The SMILES string of the molecule is CCn1c(=O)n(CCCO)c(=O)c2c1nc(OC(C)C)n2Cc1ccc(Cl)cc1. The summed E-state index contributed by atoms with van der Waals surface area (Å²) in [5.74, 6) is 0. The molecule has 29 heavy (non-hydrogen) atoms. The summed E-state index contributed by atoms with van der Waals surface area (Å²) in [6, 6.07) is 7.57. The molecule has 8 nitrogen and oxygen atoms in total. The Kier molecular flexibility index (Phi) is 6.44. The summed E-state index contributed by atoms with van der Waals surface area (Å²) in [7, 11) is 0. The van der Waals surface area contributed by atoms with Crippen LogP contribution in [0.2, 0.25) is 5.02 Å². The van der Waals surface area contributed by atoms with E-state index in [1.54, 1.807) is 16.7 Å². The summed E-state index contributed by atoms with van der Waals surface area (Å²) >= 11 is 5.98. The summed E-state index contributed by atoms with van der Waals surface area (Å²) in [5, 5.41) is 9.77. The Morgan fingerprint density at radius 2 is 1.83 bits per heavy atom. The van der Waals surface area contributed by atoms with E-state index in [2.05, 4.69) is 4.98 Å². The number of aryl methyl sites for hydroxylation is 1. The maximum absolute atomic E-state index is 13.2. The molecule has 0 saturated heterocycles. The average molecular weight is 421 g/mol.